The highest BCUT2D eigenvalue weighted by atomic mass is 32.2. The van der Waals surface area contributed by atoms with Gasteiger partial charge in [-0.3, -0.25) is 9.78 Å². The quantitative estimate of drug-likeness (QED) is 0.747. The molecule has 0 aliphatic carbocycles. The minimum absolute atomic E-state index is 0.0225. The van der Waals surface area contributed by atoms with Crippen LogP contribution in [0.2, 0.25) is 0 Å². The molecule has 0 spiro atoms. The number of amides is 1. The first-order valence-corrected chi connectivity index (χ1v) is 9.32. The molecule has 1 aliphatic rings. The van der Waals surface area contributed by atoms with Crippen LogP contribution in [0.25, 0.3) is 6.08 Å². The summed E-state index contributed by atoms with van der Waals surface area (Å²) in [5, 5.41) is 2.38. The summed E-state index contributed by atoms with van der Waals surface area (Å²) in [7, 11) is -2.90. The van der Waals surface area contributed by atoms with E-state index in [1.165, 1.54) is 17.7 Å². The second-order valence-electron chi connectivity index (χ2n) is 5.93. The number of nitrogens with one attached hydrogen (secondary N) is 2. The molecule has 0 saturated heterocycles. The summed E-state index contributed by atoms with van der Waals surface area (Å²) in [6.07, 6.45) is -1.55. The van der Waals surface area contributed by atoms with Gasteiger partial charge in [0.25, 0.3) is 18.8 Å². The van der Waals surface area contributed by atoms with E-state index in [2.05, 4.69) is 10.3 Å². The number of pyridine rings is 1. The number of sulfonamides is 1. The Hall–Kier alpha value is -2.73. The van der Waals surface area contributed by atoms with Crippen molar-refractivity contribution in [2.45, 2.75) is 23.8 Å². The largest absolute Gasteiger partial charge is 0.345 e. The molecule has 28 heavy (non-hydrogen) atoms. The third kappa shape index (κ3) is 3.78. The Morgan fingerprint density at radius 1 is 1.32 bits per heavy atom. The van der Waals surface area contributed by atoms with Crippen molar-refractivity contribution < 1.29 is 30.8 Å². The highest BCUT2D eigenvalue weighted by Gasteiger charge is 2.33. The molecule has 0 fully saturated rings. The van der Waals surface area contributed by atoms with Gasteiger partial charge in [0.05, 0.1) is 0 Å². The number of anilines is 1. The molecule has 1 amide bonds. The fourth-order valence-electron chi connectivity index (χ4n) is 2.73. The number of hydrogen-bond acceptors (Lipinski definition) is 4. The zero-order chi connectivity index (χ0) is 20.6. The second kappa shape index (κ2) is 7.36. The minimum atomic E-state index is -4.30. The predicted octanol–water partition coefficient (Wildman–Crippen LogP) is 2.55. The Bertz CT molecular complexity index is 1050. The van der Waals surface area contributed by atoms with Crippen LogP contribution in [0.1, 0.15) is 28.2 Å². The molecule has 2 N–H and O–H groups in total. The molecule has 1 aliphatic heterocycles. The van der Waals surface area contributed by atoms with Crippen molar-refractivity contribution in [1.82, 2.24) is 14.3 Å². The first-order valence-electron chi connectivity index (χ1n) is 7.83. The summed E-state index contributed by atoms with van der Waals surface area (Å²) in [4.78, 5) is 15.8. The van der Waals surface area contributed by atoms with Crippen molar-refractivity contribution >= 4 is 27.7 Å². The van der Waals surface area contributed by atoms with Crippen LogP contribution in [0.15, 0.2) is 35.5 Å². The van der Waals surface area contributed by atoms with Gasteiger partial charge in [-0.15, -0.1) is 0 Å². The monoisotopic (exact) mass is 418 g/mol. The van der Waals surface area contributed by atoms with Gasteiger partial charge in [0.1, 0.15) is 22.3 Å². The van der Waals surface area contributed by atoms with Crippen LogP contribution < -0.4 is 10.0 Å². The molecule has 3 rings (SSSR count). The molecule has 1 atom stereocenters. The van der Waals surface area contributed by atoms with E-state index in [9.17, 15) is 30.8 Å². The van der Waals surface area contributed by atoms with Gasteiger partial charge in [0.15, 0.2) is 0 Å². The van der Waals surface area contributed by atoms with Crippen LogP contribution in [0.4, 0.5) is 23.2 Å². The average Bonchev–Trinajstić information content (AvgIpc) is 2.89. The molecule has 3 heterocycles. The van der Waals surface area contributed by atoms with Gasteiger partial charge >= 0.3 is 0 Å². The summed E-state index contributed by atoms with van der Waals surface area (Å²) in [6.45, 7) is 0. The second-order valence-corrected chi connectivity index (χ2v) is 7.61. The van der Waals surface area contributed by atoms with E-state index in [0.29, 0.717) is 0 Å². The number of carbonyl (C=O) groups excluding carboxylic acids is 1. The third-order valence-electron chi connectivity index (χ3n) is 3.98. The van der Waals surface area contributed by atoms with Gasteiger partial charge in [-0.05, 0) is 12.1 Å². The number of nitrogens with zero attached hydrogens (tertiary/aromatic N) is 2. The van der Waals surface area contributed by atoms with Crippen molar-refractivity contribution in [3.05, 3.63) is 47.6 Å². The van der Waals surface area contributed by atoms with Crippen molar-refractivity contribution in [3.63, 3.8) is 0 Å². The molecule has 2 aromatic heterocycles. The van der Waals surface area contributed by atoms with Crippen LogP contribution in [0.3, 0.4) is 0 Å². The maximum Gasteiger partial charge on any atom is 0.280 e. The highest BCUT2D eigenvalue weighted by Crippen LogP contribution is 2.28. The smallest absolute Gasteiger partial charge is 0.280 e. The molecule has 150 valence electrons. The number of aromatic nitrogens is 2. The van der Waals surface area contributed by atoms with E-state index in [1.54, 1.807) is 0 Å². The van der Waals surface area contributed by atoms with Gasteiger partial charge in [0.2, 0.25) is 10.0 Å². The summed E-state index contributed by atoms with van der Waals surface area (Å²) < 4.78 is 79.2. The van der Waals surface area contributed by atoms with Gasteiger partial charge < -0.3 is 9.88 Å². The van der Waals surface area contributed by atoms with E-state index < -0.39 is 40.5 Å². The molecule has 0 bridgehead atoms. The lowest BCUT2D eigenvalue weighted by molar-refractivity contribution is 0.101. The van der Waals surface area contributed by atoms with Gasteiger partial charge in [0, 0.05) is 30.7 Å². The van der Waals surface area contributed by atoms with Crippen LogP contribution in [0, 0.1) is 0 Å². The van der Waals surface area contributed by atoms with E-state index in [1.807, 2.05) is 4.72 Å². The Morgan fingerprint density at radius 3 is 2.68 bits per heavy atom. The fraction of sp³-hybridized carbons (Fsp3) is 0.250. The van der Waals surface area contributed by atoms with Gasteiger partial charge in [-0.25, -0.2) is 26.0 Å². The number of halogens is 4. The van der Waals surface area contributed by atoms with Crippen LogP contribution in [-0.4, -0.2) is 36.3 Å². The van der Waals surface area contributed by atoms with Crippen molar-refractivity contribution in [2.24, 2.45) is 7.05 Å². The lowest BCUT2D eigenvalue weighted by Crippen LogP contribution is -2.37. The summed E-state index contributed by atoms with van der Waals surface area (Å²) >= 11 is 0. The Morgan fingerprint density at radius 2 is 2.04 bits per heavy atom. The highest BCUT2D eigenvalue weighted by molar-refractivity contribution is 7.89. The number of aryl methyl sites for hydroxylation is 1. The van der Waals surface area contributed by atoms with E-state index >= 15 is 0 Å². The molecule has 0 radical (unpaired) electrons. The molecule has 0 aromatic carbocycles. The van der Waals surface area contributed by atoms with Crippen molar-refractivity contribution in [3.8, 4) is 0 Å². The van der Waals surface area contributed by atoms with Gasteiger partial charge in [-0.1, -0.05) is 12.2 Å². The van der Waals surface area contributed by atoms with E-state index in [0.717, 1.165) is 30.6 Å². The molecule has 12 heteroatoms. The maximum absolute atomic E-state index is 13.0. The summed E-state index contributed by atoms with van der Waals surface area (Å²) in [5.74, 6) is -0.800. The number of hydrogen-bond donors (Lipinski definition) is 2. The van der Waals surface area contributed by atoms with Gasteiger partial charge in [-0.2, -0.15) is 4.72 Å². The van der Waals surface area contributed by atoms with E-state index in [-0.39, 0.29) is 21.8 Å². The number of rotatable bonds is 4. The summed E-state index contributed by atoms with van der Waals surface area (Å²) in [5.41, 5.74) is -0.745. The van der Waals surface area contributed by atoms with Crippen molar-refractivity contribution in [1.29, 1.82) is 0 Å². The first-order chi connectivity index (χ1) is 13.1. The number of fused-ring (bicyclic) bond motifs is 1. The molecule has 2 aromatic rings. The summed E-state index contributed by atoms with van der Waals surface area (Å²) in [6, 6.07) is 0.518. The first kappa shape index (κ1) is 20.0. The Balaban J connectivity index is 2.00. The molecule has 7 nitrogen and oxygen atoms in total. The van der Waals surface area contributed by atoms with Crippen molar-refractivity contribution in [2.75, 3.05) is 5.32 Å². The van der Waals surface area contributed by atoms with Crippen LogP contribution in [0.5, 0.6) is 0 Å². The average molecular weight is 418 g/mol. The molecule has 1 unspecified atom stereocenters. The van der Waals surface area contributed by atoms with Crippen LogP contribution >= 0.6 is 0 Å². The lowest BCUT2D eigenvalue weighted by atomic mass is 10.1. The zero-order valence-electron chi connectivity index (χ0n) is 14.2. The maximum atomic E-state index is 13.0. The lowest BCUT2D eigenvalue weighted by Gasteiger charge is -2.11. The minimum Gasteiger partial charge on any atom is -0.345 e. The molecular weight excluding hydrogens is 404 g/mol. The van der Waals surface area contributed by atoms with Crippen LogP contribution in [-0.2, 0) is 17.1 Å². The number of alkyl halides is 4. The predicted molar refractivity (Wildman–Crippen MR) is 91.7 cm³/mol. The molecular formula is C16H14F4N4O3S. The van der Waals surface area contributed by atoms with E-state index in [4.69, 9.17) is 0 Å². The Labute approximate surface area is 157 Å². The SMILES string of the molecule is Cn1cc2c(c1C(=O)Nc1ccnc(C(F)F)c1)C=CC(C(F)F)NS2(=O)=O. The molecule has 0 saturated carbocycles. The number of carbonyl (C=O) groups is 1. The zero-order valence-corrected chi connectivity index (χ0v) is 15.1. The topological polar surface area (TPSA) is 93.1 Å². The Kier molecular flexibility index (Phi) is 5.26. The third-order valence-corrected chi connectivity index (χ3v) is 5.47. The standard InChI is InChI=1S/C16H14F4N4O3S/c1-24-7-12-9(2-3-10(14(17)18)23-28(12,26)27)13(24)16(25)22-8-4-5-21-11(6-8)15(19)20/h2-7,10,14-15,23H,1H3,(H,21,22,25). The normalized spacial score (nSPS) is 18.2. The fourth-order valence-corrected chi connectivity index (χ4v) is 4.15.